The molecule has 0 aliphatic rings. The Bertz CT molecular complexity index is 750. The van der Waals surface area contributed by atoms with E-state index in [4.69, 9.17) is 15.2 Å². The van der Waals surface area contributed by atoms with Crippen molar-refractivity contribution in [2.24, 2.45) is 10.7 Å². The first-order chi connectivity index (χ1) is 11.8. The minimum Gasteiger partial charge on any atom is -0.497 e. The maximum Gasteiger partial charge on any atom is 0.416 e. The van der Waals surface area contributed by atoms with Crippen LogP contribution in [0.1, 0.15) is 11.1 Å². The fraction of sp³-hybridized carbons (Fsp3) is 0.235. The molecule has 0 atom stereocenters. The first-order valence-corrected chi connectivity index (χ1v) is 7.28. The number of nitrogens with one attached hydrogen (secondary N) is 1. The van der Waals surface area contributed by atoms with E-state index in [0.29, 0.717) is 11.4 Å². The molecule has 142 valence electrons. The van der Waals surface area contributed by atoms with Crippen molar-refractivity contribution in [2.75, 3.05) is 19.5 Å². The lowest BCUT2D eigenvalue weighted by Crippen LogP contribution is -2.22. The highest BCUT2D eigenvalue weighted by atomic mass is 127. The van der Waals surface area contributed by atoms with Gasteiger partial charge < -0.3 is 20.5 Å². The van der Waals surface area contributed by atoms with Gasteiger partial charge >= 0.3 is 6.18 Å². The maximum absolute atomic E-state index is 13.1. The van der Waals surface area contributed by atoms with Gasteiger partial charge in [-0.25, -0.2) is 4.99 Å². The van der Waals surface area contributed by atoms with E-state index in [0.717, 1.165) is 6.07 Å². The molecule has 0 fully saturated rings. The van der Waals surface area contributed by atoms with Crippen molar-refractivity contribution in [3.8, 4) is 11.5 Å². The van der Waals surface area contributed by atoms with Crippen LogP contribution in [-0.2, 0) is 12.7 Å². The monoisotopic (exact) mass is 481 g/mol. The zero-order valence-corrected chi connectivity index (χ0v) is 16.5. The van der Waals surface area contributed by atoms with Gasteiger partial charge in [-0.05, 0) is 42.0 Å². The standard InChI is InChI=1S/C17H18F3N3O2.HI/c1-24-13-7-4-12(5-8-13)23-16(21)22-10-11-3-6-14(25-2)9-15(11)17(18,19)20;/h3-9H,10H2,1-2H3,(H3,21,22,23);1H. The molecule has 0 spiro atoms. The molecule has 2 aromatic carbocycles. The number of hydrogen-bond donors (Lipinski definition) is 2. The van der Waals surface area contributed by atoms with Crippen LogP contribution in [0.4, 0.5) is 18.9 Å². The van der Waals surface area contributed by atoms with Gasteiger partial charge in [-0.2, -0.15) is 13.2 Å². The molecule has 0 heterocycles. The van der Waals surface area contributed by atoms with Gasteiger partial charge in [0.05, 0.1) is 26.3 Å². The summed E-state index contributed by atoms with van der Waals surface area (Å²) >= 11 is 0. The third-order valence-electron chi connectivity index (χ3n) is 3.40. The average molecular weight is 481 g/mol. The van der Waals surface area contributed by atoms with E-state index < -0.39 is 11.7 Å². The lowest BCUT2D eigenvalue weighted by Gasteiger charge is -2.13. The number of aliphatic imine (C=N–C) groups is 1. The minimum absolute atomic E-state index is 0. The van der Waals surface area contributed by atoms with Gasteiger partial charge in [-0.1, -0.05) is 6.07 Å². The molecule has 2 aromatic rings. The number of rotatable bonds is 5. The molecule has 0 unspecified atom stereocenters. The largest absolute Gasteiger partial charge is 0.497 e. The predicted octanol–water partition coefficient (Wildman–Crippen LogP) is 4.27. The van der Waals surface area contributed by atoms with Gasteiger partial charge in [-0.3, -0.25) is 0 Å². The molecule has 0 aliphatic heterocycles. The number of guanidine groups is 1. The molecule has 0 saturated heterocycles. The smallest absolute Gasteiger partial charge is 0.416 e. The molecular weight excluding hydrogens is 462 g/mol. The van der Waals surface area contributed by atoms with Crippen molar-refractivity contribution in [3.05, 3.63) is 53.6 Å². The lowest BCUT2D eigenvalue weighted by molar-refractivity contribution is -0.138. The van der Waals surface area contributed by atoms with E-state index in [2.05, 4.69) is 10.3 Å². The second-order valence-electron chi connectivity index (χ2n) is 5.08. The van der Waals surface area contributed by atoms with Crippen LogP contribution in [0, 0.1) is 0 Å². The van der Waals surface area contributed by atoms with Crippen LogP contribution in [0.3, 0.4) is 0 Å². The molecule has 0 radical (unpaired) electrons. The summed E-state index contributed by atoms with van der Waals surface area (Å²) < 4.78 is 49.3. The van der Waals surface area contributed by atoms with Crippen molar-refractivity contribution in [2.45, 2.75) is 12.7 Å². The molecule has 0 aliphatic carbocycles. The van der Waals surface area contributed by atoms with Gasteiger partial charge in [0.15, 0.2) is 5.96 Å². The third kappa shape index (κ3) is 5.97. The van der Waals surface area contributed by atoms with E-state index >= 15 is 0 Å². The summed E-state index contributed by atoms with van der Waals surface area (Å²) in [5.74, 6) is 0.813. The highest BCUT2D eigenvalue weighted by Crippen LogP contribution is 2.34. The van der Waals surface area contributed by atoms with Crippen molar-refractivity contribution in [3.63, 3.8) is 0 Å². The van der Waals surface area contributed by atoms with Crippen molar-refractivity contribution >= 4 is 35.6 Å². The Labute approximate surface area is 166 Å². The van der Waals surface area contributed by atoms with Gasteiger partial charge in [0.2, 0.25) is 0 Å². The van der Waals surface area contributed by atoms with E-state index in [1.165, 1.54) is 19.2 Å². The topological polar surface area (TPSA) is 68.9 Å². The summed E-state index contributed by atoms with van der Waals surface area (Å²) in [6.07, 6.45) is -4.50. The van der Waals surface area contributed by atoms with Crippen LogP contribution >= 0.6 is 24.0 Å². The first-order valence-electron chi connectivity index (χ1n) is 7.28. The van der Waals surface area contributed by atoms with Crippen LogP contribution in [-0.4, -0.2) is 20.2 Å². The van der Waals surface area contributed by atoms with Gasteiger partial charge in [0.25, 0.3) is 0 Å². The van der Waals surface area contributed by atoms with Gasteiger partial charge in [0, 0.05) is 5.69 Å². The first kappa shape index (κ1) is 21.9. The Morgan fingerprint density at radius 1 is 1.04 bits per heavy atom. The molecule has 0 aromatic heterocycles. The second-order valence-corrected chi connectivity index (χ2v) is 5.08. The van der Waals surface area contributed by atoms with Crippen molar-refractivity contribution < 1.29 is 22.6 Å². The summed E-state index contributed by atoms with van der Waals surface area (Å²) in [5, 5.41) is 2.81. The maximum atomic E-state index is 13.1. The Morgan fingerprint density at radius 3 is 2.15 bits per heavy atom. The second kappa shape index (κ2) is 9.51. The number of methoxy groups -OCH3 is 2. The Morgan fingerprint density at radius 2 is 1.62 bits per heavy atom. The third-order valence-corrected chi connectivity index (χ3v) is 3.40. The number of alkyl halides is 3. The zero-order chi connectivity index (χ0) is 18.4. The molecule has 0 amide bonds. The number of nitrogens with zero attached hydrogens (tertiary/aromatic N) is 1. The molecule has 3 N–H and O–H groups in total. The minimum atomic E-state index is -4.50. The average Bonchev–Trinajstić information content (AvgIpc) is 2.59. The zero-order valence-electron chi connectivity index (χ0n) is 14.1. The fourth-order valence-electron chi connectivity index (χ4n) is 2.12. The van der Waals surface area contributed by atoms with Gasteiger partial charge in [-0.15, -0.1) is 24.0 Å². The molecule has 26 heavy (non-hydrogen) atoms. The predicted molar refractivity (Wildman–Crippen MR) is 105 cm³/mol. The van der Waals surface area contributed by atoms with E-state index in [1.807, 2.05) is 0 Å². The van der Waals surface area contributed by atoms with E-state index in [1.54, 1.807) is 31.4 Å². The van der Waals surface area contributed by atoms with Crippen LogP contribution in [0.25, 0.3) is 0 Å². The Balaban J connectivity index is 0.00000338. The van der Waals surface area contributed by atoms with Gasteiger partial charge in [0.1, 0.15) is 11.5 Å². The SMILES string of the molecule is COc1ccc(NC(N)=NCc2ccc(OC)cc2C(F)(F)F)cc1.I. The van der Waals surface area contributed by atoms with Crippen LogP contribution in [0.2, 0.25) is 0 Å². The van der Waals surface area contributed by atoms with E-state index in [-0.39, 0.29) is 47.8 Å². The Kier molecular flexibility index (Phi) is 8.00. The molecule has 0 bridgehead atoms. The van der Waals surface area contributed by atoms with Crippen LogP contribution in [0.15, 0.2) is 47.5 Å². The van der Waals surface area contributed by atoms with Crippen molar-refractivity contribution in [1.29, 1.82) is 0 Å². The Hall–Kier alpha value is -2.17. The summed E-state index contributed by atoms with van der Waals surface area (Å²) in [5.41, 5.74) is 5.60. The number of halogens is 4. The number of benzene rings is 2. The van der Waals surface area contributed by atoms with Crippen LogP contribution in [0.5, 0.6) is 11.5 Å². The quantitative estimate of drug-likeness (QED) is 0.381. The number of nitrogens with two attached hydrogens (primary N) is 1. The number of hydrogen-bond acceptors (Lipinski definition) is 3. The van der Waals surface area contributed by atoms with E-state index in [9.17, 15) is 13.2 Å². The molecular formula is C17H19F3IN3O2. The number of ether oxygens (including phenoxy) is 2. The molecule has 2 rings (SSSR count). The molecule has 5 nitrogen and oxygen atoms in total. The summed E-state index contributed by atoms with van der Waals surface area (Å²) in [7, 11) is 2.86. The summed E-state index contributed by atoms with van der Waals surface area (Å²) in [4.78, 5) is 3.97. The highest BCUT2D eigenvalue weighted by Gasteiger charge is 2.33. The van der Waals surface area contributed by atoms with Crippen molar-refractivity contribution in [1.82, 2.24) is 0 Å². The lowest BCUT2D eigenvalue weighted by atomic mass is 10.1. The summed E-state index contributed by atoms with van der Waals surface area (Å²) in [6, 6.07) is 10.6. The fourth-order valence-corrected chi connectivity index (χ4v) is 2.12. The summed E-state index contributed by atoms with van der Waals surface area (Å²) in [6.45, 7) is -0.214. The molecule has 9 heteroatoms. The van der Waals surface area contributed by atoms with Crippen LogP contribution < -0.4 is 20.5 Å². The highest BCUT2D eigenvalue weighted by molar-refractivity contribution is 14.0. The molecule has 0 saturated carbocycles. The number of anilines is 1. The normalized spacial score (nSPS) is 11.5.